The molecule has 0 radical (unpaired) electrons. The fourth-order valence-corrected chi connectivity index (χ4v) is 3.73. The third-order valence-electron chi connectivity index (χ3n) is 2.79. The average Bonchev–Trinajstić information content (AvgIpc) is 2.27. The maximum Gasteiger partial charge on any atom is 0.335 e. The Labute approximate surface area is 118 Å². The first-order valence-electron chi connectivity index (χ1n) is 5.45. The lowest BCUT2D eigenvalue weighted by Gasteiger charge is -2.27. The zero-order valence-electron chi connectivity index (χ0n) is 10.0. The molecule has 0 aliphatic carbocycles. The predicted octanol–water partition coefficient (Wildman–Crippen LogP) is 1.13. The number of aromatic carboxylic acids is 1. The number of hydrogen-bond acceptors (Lipinski definition) is 4. The number of nitrogens with one attached hydrogen (secondary N) is 1. The van der Waals surface area contributed by atoms with Gasteiger partial charge in [0, 0.05) is 4.47 Å². The molecule has 1 aromatic carbocycles. The van der Waals surface area contributed by atoms with Gasteiger partial charge in [-0.05, 0) is 24.6 Å². The van der Waals surface area contributed by atoms with Gasteiger partial charge in [0.1, 0.15) is 0 Å². The summed E-state index contributed by atoms with van der Waals surface area (Å²) < 4.78 is 32.2. The third-order valence-corrected chi connectivity index (χ3v) is 5.26. The van der Waals surface area contributed by atoms with Crippen LogP contribution in [0.2, 0.25) is 0 Å². The monoisotopic (exact) mass is 349 g/mol. The first-order chi connectivity index (χ1) is 8.81. The maximum atomic E-state index is 12.2. The van der Waals surface area contributed by atoms with E-state index in [0.29, 0.717) is 23.2 Å². The van der Waals surface area contributed by atoms with E-state index in [0.717, 1.165) is 6.07 Å². The minimum atomic E-state index is -3.75. The molecule has 0 bridgehead atoms. The Morgan fingerprint density at radius 1 is 1.47 bits per heavy atom. The predicted molar refractivity (Wildman–Crippen MR) is 70.8 cm³/mol. The van der Waals surface area contributed by atoms with Crippen molar-refractivity contribution in [2.24, 2.45) is 0 Å². The van der Waals surface area contributed by atoms with E-state index in [1.807, 2.05) is 0 Å². The summed E-state index contributed by atoms with van der Waals surface area (Å²) in [7, 11) is -3.75. The topological polar surface area (TPSA) is 92.7 Å². The number of halogens is 1. The molecule has 1 aromatic rings. The molecule has 1 saturated heterocycles. The third kappa shape index (κ3) is 2.97. The highest BCUT2D eigenvalue weighted by atomic mass is 79.9. The van der Waals surface area contributed by atoms with Gasteiger partial charge in [0.25, 0.3) is 0 Å². The van der Waals surface area contributed by atoms with Gasteiger partial charge < -0.3 is 9.84 Å². The highest BCUT2D eigenvalue weighted by Gasteiger charge is 2.28. The zero-order chi connectivity index (χ0) is 14.2. The first kappa shape index (κ1) is 14.4. The number of sulfonamides is 1. The summed E-state index contributed by atoms with van der Waals surface area (Å²) in [6, 6.07) is 2.28. The first-order valence-corrected chi connectivity index (χ1v) is 7.72. The van der Waals surface area contributed by atoms with Crippen molar-refractivity contribution in [3.63, 3.8) is 0 Å². The van der Waals surface area contributed by atoms with Crippen LogP contribution in [0.25, 0.3) is 0 Å². The van der Waals surface area contributed by atoms with Gasteiger partial charge in [-0.25, -0.2) is 17.9 Å². The molecular formula is C11H12BrNO5S. The van der Waals surface area contributed by atoms with Crippen LogP contribution in [0.5, 0.6) is 0 Å². The molecule has 104 valence electrons. The molecular weight excluding hydrogens is 338 g/mol. The second-order valence-corrected chi connectivity index (χ2v) is 6.78. The van der Waals surface area contributed by atoms with Crippen LogP contribution in [0, 0.1) is 6.92 Å². The fourth-order valence-electron chi connectivity index (χ4n) is 1.64. The van der Waals surface area contributed by atoms with Crippen LogP contribution in [-0.2, 0) is 14.8 Å². The normalized spacial score (nSPS) is 16.1. The van der Waals surface area contributed by atoms with E-state index in [1.165, 1.54) is 6.07 Å². The van der Waals surface area contributed by atoms with Crippen LogP contribution < -0.4 is 4.72 Å². The Morgan fingerprint density at radius 2 is 2.11 bits per heavy atom. The van der Waals surface area contributed by atoms with E-state index in [4.69, 9.17) is 9.84 Å². The van der Waals surface area contributed by atoms with Crippen molar-refractivity contribution in [1.82, 2.24) is 4.72 Å². The quantitative estimate of drug-likeness (QED) is 0.849. The Morgan fingerprint density at radius 3 is 2.58 bits per heavy atom. The van der Waals surface area contributed by atoms with Crippen LogP contribution in [0.1, 0.15) is 15.9 Å². The van der Waals surface area contributed by atoms with Crippen LogP contribution in [0.15, 0.2) is 21.5 Å². The van der Waals surface area contributed by atoms with Crippen molar-refractivity contribution in [1.29, 1.82) is 0 Å². The van der Waals surface area contributed by atoms with Gasteiger partial charge in [-0.1, -0.05) is 15.9 Å². The Kier molecular flexibility index (Phi) is 3.95. The summed E-state index contributed by atoms with van der Waals surface area (Å²) in [5, 5.41) is 8.97. The number of benzene rings is 1. The van der Waals surface area contributed by atoms with Crippen molar-refractivity contribution in [3.8, 4) is 0 Å². The molecule has 19 heavy (non-hydrogen) atoms. The van der Waals surface area contributed by atoms with E-state index >= 15 is 0 Å². The summed E-state index contributed by atoms with van der Waals surface area (Å²) >= 11 is 3.17. The van der Waals surface area contributed by atoms with E-state index in [-0.39, 0.29) is 16.5 Å². The number of hydrogen-bond donors (Lipinski definition) is 2. The van der Waals surface area contributed by atoms with Gasteiger partial charge in [0.2, 0.25) is 10.0 Å². The van der Waals surface area contributed by atoms with E-state index in [9.17, 15) is 13.2 Å². The highest BCUT2D eigenvalue weighted by Crippen LogP contribution is 2.26. The van der Waals surface area contributed by atoms with E-state index < -0.39 is 16.0 Å². The van der Waals surface area contributed by atoms with Crippen molar-refractivity contribution in [2.75, 3.05) is 13.2 Å². The van der Waals surface area contributed by atoms with E-state index in [1.54, 1.807) is 6.92 Å². The molecule has 1 aliphatic heterocycles. The number of carboxylic acid groups (broad SMARTS) is 1. The van der Waals surface area contributed by atoms with Gasteiger partial charge in [-0.15, -0.1) is 0 Å². The lowest BCUT2D eigenvalue weighted by molar-refractivity contribution is 0.00481. The molecule has 0 aromatic heterocycles. The Bertz CT molecular complexity index is 624. The van der Waals surface area contributed by atoms with Gasteiger partial charge in [-0.3, -0.25) is 0 Å². The van der Waals surface area contributed by atoms with E-state index in [2.05, 4.69) is 20.7 Å². The van der Waals surface area contributed by atoms with Gasteiger partial charge in [0.15, 0.2) is 0 Å². The minimum absolute atomic E-state index is 0.0359. The Hall–Kier alpha value is -0.960. The summed E-state index contributed by atoms with van der Waals surface area (Å²) in [5.41, 5.74) is 0.389. The average molecular weight is 350 g/mol. The molecule has 1 aliphatic rings. The largest absolute Gasteiger partial charge is 0.478 e. The number of carbonyl (C=O) groups is 1. The van der Waals surface area contributed by atoms with Gasteiger partial charge in [0.05, 0.1) is 29.7 Å². The lowest BCUT2D eigenvalue weighted by atomic mass is 10.1. The summed E-state index contributed by atoms with van der Waals surface area (Å²) in [6.07, 6.45) is 0. The Balaban J connectivity index is 2.44. The van der Waals surface area contributed by atoms with Crippen molar-refractivity contribution in [2.45, 2.75) is 17.9 Å². The summed E-state index contributed by atoms with van der Waals surface area (Å²) in [4.78, 5) is 10.9. The summed E-state index contributed by atoms with van der Waals surface area (Å²) in [6.45, 7) is 2.28. The second-order valence-electron chi connectivity index (χ2n) is 4.24. The molecule has 6 nitrogen and oxygen atoms in total. The van der Waals surface area contributed by atoms with Gasteiger partial charge >= 0.3 is 5.97 Å². The molecule has 2 rings (SSSR count). The standard InChI is InChI=1S/C11H12BrNO5S/c1-6-9(12)2-7(11(14)15)3-10(6)19(16,17)13-8-4-18-5-8/h2-3,8,13H,4-5H2,1H3,(H,14,15). The minimum Gasteiger partial charge on any atom is -0.478 e. The zero-order valence-corrected chi connectivity index (χ0v) is 12.4. The van der Waals surface area contributed by atoms with Crippen LogP contribution in [-0.4, -0.2) is 38.7 Å². The fraction of sp³-hybridized carbons (Fsp3) is 0.364. The van der Waals surface area contributed by atoms with Gasteiger partial charge in [-0.2, -0.15) is 0 Å². The molecule has 0 unspecified atom stereocenters. The number of rotatable bonds is 4. The SMILES string of the molecule is Cc1c(Br)cc(C(=O)O)cc1S(=O)(=O)NC1COC1. The second kappa shape index (κ2) is 5.20. The molecule has 8 heteroatoms. The van der Waals surface area contributed by atoms with Crippen LogP contribution >= 0.6 is 15.9 Å². The smallest absolute Gasteiger partial charge is 0.335 e. The molecule has 2 N–H and O–H groups in total. The molecule has 0 spiro atoms. The number of carboxylic acids is 1. The van der Waals surface area contributed by atoms with Crippen LogP contribution in [0.3, 0.4) is 0 Å². The molecule has 1 fully saturated rings. The van der Waals surface area contributed by atoms with Crippen LogP contribution in [0.4, 0.5) is 0 Å². The summed E-state index contributed by atoms with van der Waals surface area (Å²) in [5.74, 6) is -1.18. The van der Waals surface area contributed by atoms with Crippen molar-refractivity contribution >= 4 is 31.9 Å². The van der Waals surface area contributed by atoms with Crippen molar-refractivity contribution < 1.29 is 23.1 Å². The highest BCUT2D eigenvalue weighted by molar-refractivity contribution is 9.10. The number of ether oxygens (including phenoxy) is 1. The molecule has 0 saturated carbocycles. The van der Waals surface area contributed by atoms with Crippen molar-refractivity contribution in [3.05, 3.63) is 27.7 Å². The lowest BCUT2D eigenvalue weighted by Crippen LogP contribution is -2.48. The molecule has 0 atom stereocenters. The maximum absolute atomic E-state index is 12.2. The molecule has 0 amide bonds. The molecule has 1 heterocycles.